The summed E-state index contributed by atoms with van der Waals surface area (Å²) in [7, 11) is 0. The topological polar surface area (TPSA) is 35.2 Å². The minimum absolute atomic E-state index is 0.150. The van der Waals surface area contributed by atoms with Crippen molar-refractivity contribution in [2.45, 2.75) is 32.4 Å². The van der Waals surface area contributed by atoms with E-state index in [9.17, 15) is 8.78 Å². The van der Waals surface area contributed by atoms with Gasteiger partial charge in [-0.2, -0.15) is 8.78 Å². The SMILES string of the molecule is CCC(F)(F)Oc1cccc([C@@H](C)N)c1. The molecule has 0 spiro atoms. The number of nitrogens with two attached hydrogens (primary N) is 1. The van der Waals surface area contributed by atoms with E-state index in [1.807, 2.05) is 0 Å². The summed E-state index contributed by atoms with van der Waals surface area (Å²) in [6.45, 7) is 3.16. The molecule has 0 aliphatic carbocycles. The molecule has 0 aromatic heterocycles. The first-order chi connectivity index (χ1) is 6.94. The molecule has 0 aliphatic rings. The molecule has 1 rings (SSSR count). The zero-order valence-electron chi connectivity index (χ0n) is 8.84. The van der Waals surface area contributed by atoms with Gasteiger partial charge in [0.1, 0.15) is 5.75 Å². The third-order valence-corrected chi connectivity index (χ3v) is 2.06. The van der Waals surface area contributed by atoms with Crippen LogP contribution in [0.5, 0.6) is 5.75 Å². The Morgan fingerprint density at radius 3 is 2.67 bits per heavy atom. The van der Waals surface area contributed by atoms with Crippen molar-refractivity contribution < 1.29 is 13.5 Å². The molecule has 2 nitrogen and oxygen atoms in total. The molecule has 0 fully saturated rings. The molecule has 0 saturated heterocycles. The van der Waals surface area contributed by atoms with Gasteiger partial charge in [-0.05, 0) is 24.6 Å². The second kappa shape index (κ2) is 4.57. The Kier molecular flexibility index (Phi) is 3.63. The highest BCUT2D eigenvalue weighted by Gasteiger charge is 2.28. The molecular formula is C11H15F2NO. The minimum atomic E-state index is -3.11. The number of hydrogen-bond donors (Lipinski definition) is 1. The monoisotopic (exact) mass is 215 g/mol. The maximum absolute atomic E-state index is 12.9. The fraction of sp³-hybridized carbons (Fsp3) is 0.455. The molecule has 84 valence electrons. The molecule has 15 heavy (non-hydrogen) atoms. The van der Waals surface area contributed by atoms with Gasteiger partial charge in [-0.15, -0.1) is 0 Å². The van der Waals surface area contributed by atoms with Crippen LogP contribution in [0.25, 0.3) is 0 Å². The van der Waals surface area contributed by atoms with Gasteiger partial charge in [-0.1, -0.05) is 19.1 Å². The van der Waals surface area contributed by atoms with Gasteiger partial charge in [0.25, 0.3) is 0 Å². The van der Waals surface area contributed by atoms with Crippen LogP contribution in [-0.4, -0.2) is 6.11 Å². The lowest BCUT2D eigenvalue weighted by molar-refractivity contribution is -0.177. The largest absolute Gasteiger partial charge is 0.433 e. The highest BCUT2D eigenvalue weighted by Crippen LogP contribution is 2.25. The Labute approximate surface area is 88.0 Å². The first-order valence-corrected chi connectivity index (χ1v) is 4.87. The van der Waals surface area contributed by atoms with Crippen LogP contribution in [-0.2, 0) is 0 Å². The Hall–Kier alpha value is -1.16. The summed E-state index contributed by atoms with van der Waals surface area (Å²) in [5.41, 5.74) is 6.41. The molecule has 0 bridgehead atoms. The van der Waals surface area contributed by atoms with Crippen molar-refractivity contribution >= 4 is 0 Å². The summed E-state index contributed by atoms with van der Waals surface area (Å²) in [5.74, 6) is 0.150. The van der Waals surface area contributed by atoms with Crippen molar-refractivity contribution in [1.82, 2.24) is 0 Å². The molecule has 2 N–H and O–H groups in total. The quantitative estimate of drug-likeness (QED) is 0.837. The van der Waals surface area contributed by atoms with Crippen LogP contribution in [0.4, 0.5) is 8.78 Å². The fourth-order valence-corrected chi connectivity index (χ4v) is 1.11. The van der Waals surface area contributed by atoms with Crippen LogP contribution in [0.15, 0.2) is 24.3 Å². The third-order valence-electron chi connectivity index (χ3n) is 2.06. The van der Waals surface area contributed by atoms with Crippen molar-refractivity contribution in [2.75, 3.05) is 0 Å². The smallest absolute Gasteiger partial charge is 0.397 e. The predicted molar refractivity (Wildman–Crippen MR) is 54.9 cm³/mol. The van der Waals surface area contributed by atoms with Gasteiger partial charge >= 0.3 is 6.11 Å². The number of alkyl halides is 2. The Morgan fingerprint density at radius 2 is 2.13 bits per heavy atom. The summed E-state index contributed by atoms with van der Waals surface area (Å²) < 4.78 is 30.4. The molecule has 0 unspecified atom stereocenters. The lowest BCUT2D eigenvalue weighted by Crippen LogP contribution is -2.23. The van der Waals surface area contributed by atoms with Crippen molar-refractivity contribution in [3.63, 3.8) is 0 Å². The average molecular weight is 215 g/mol. The molecule has 4 heteroatoms. The predicted octanol–water partition coefficient (Wildman–Crippen LogP) is 3.09. The lowest BCUT2D eigenvalue weighted by Gasteiger charge is -2.17. The van der Waals surface area contributed by atoms with E-state index in [0.717, 1.165) is 5.56 Å². The molecule has 0 saturated carbocycles. The van der Waals surface area contributed by atoms with Crippen LogP contribution in [0.3, 0.4) is 0 Å². The van der Waals surface area contributed by atoms with Crippen LogP contribution in [0.1, 0.15) is 31.9 Å². The number of rotatable bonds is 4. The van der Waals surface area contributed by atoms with Crippen LogP contribution in [0.2, 0.25) is 0 Å². The molecule has 0 amide bonds. The number of benzene rings is 1. The molecule has 0 aliphatic heterocycles. The number of ether oxygens (including phenoxy) is 1. The fourth-order valence-electron chi connectivity index (χ4n) is 1.11. The van der Waals surface area contributed by atoms with E-state index < -0.39 is 6.11 Å². The second-order valence-corrected chi connectivity index (χ2v) is 3.45. The van der Waals surface area contributed by atoms with E-state index in [1.54, 1.807) is 19.1 Å². The molecule has 0 heterocycles. The summed E-state index contributed by atoms with van der Waals surface area (Å²) in [6.07, 6.45) is -3.47. The summed E-state index contributed by atoms with van der Waals surface area (Å²) in [6, 6.07) is 6.27. The van der Waals surface area contributed by atoms with Crippen molar-refractivity contribution in [3.8, 4) is 5.75 Å². The van der Waals surface area contributed by atoms with Gasteiger partial charge in [0.15, 0.2) is 0 Å². The van der Waals surface area contributed by atoms with Crippen molar-refractivity contribution in [3.05, 3.63) is 29.8 Å². The number of hydrogen-bond acceptors (Lipinski definition) is 2. The highest BCUT2D eigenvalue weighted by molar-refractivity contribution is 5.30. The van der Waals surface area contributed by atoms with Gasteiger partial charge in [0.05, 0.1) is 0 Å². The summed E-state index contributed by atoms with van der Waals surface area (Å²) in [5, 5.41) is 0. The van der Waals surface area contributed by atoms with Crippen molar-refractivity contribution in [2.24, 2.45) is 5.73 Å². The lowest BCUT2D eigenvalue weighted by atomic mass is 10.1. The Bertz CT molecular complexity index is 326. The van der Waals surface area contributed by atoms with Crippen LogP contribution >= 0.6 is 0 Å². The Balaban J connectivity index is 2.82. The summed E-state index contributed by atoms with van der Waals surface area (Å²) in [4.78, 5) is 0. The maximum Gasteiger partial charge on any atom is 0.397 e. The average Bonchev–Trinajstić information content (AvgIpc) is 2.17. The molecule has 0 radical (unpaired) electrons. The van der Waals surface area contributed by atoms with E-state index in [2.05, 4.69) is 4.74 Å². The zero-order chi connectivity index (χ0) is 11.5. The van der Waals surface area contributed by atoms with Gasteiger partial charge in [0, 0.05) is 12.5 Å². The van der Waals surface area contributed by atoms with Gasteiger partial charge < -0.3 is 10.5 Å². The van der Waals surface area contributed by atoms with E-state index in [0.29, 0.717) is 0 Å². The molecule has 1 aromatic rings. The first kappa shape index (κ1) is 11.9. The second-order valence-electron chi connectivity index (χ2n) is 3.45. The Morgan fingerprint density at radius 1 is 1.47 bits per heavy atom. The number of halogens is 2. The van der Waals surface area contributed by atoms with Gasteiger partial charge in [0.2, 0.25) is 0 Å². The van der Waals surface area contributed by atoms with E-state index in [-0.39, 0.29) is 18.2 Å². The van der Waals surface area contributed by atoms with Crippen LogP contribution < -0.4 is 10.5 Å². The molecular weight excluding hydrogens is 200 g/mol. The van der Waals surface area contributed by atoms with E-state index in [4.69, 9.17) is 5.73 Å². The normalized spacial score (nSPS) is 13.7. The maximum atomic E-state index is 12.9. The van der Waals surface area contributed by atoms with Gasteiger partial charge in [-0.3, -0.25) is 0 Å². The summed E-state index contributed by atoms with van der Waals surface area (Å²) >= 11 is 0. The standard InChI is InChI=1S/C11H15F2NO/c1-3-11(12,13)15-10-6-4-5-9(7-10)8(2)14/h4-8H,3,14H2,1-2H3/t8-/m1/s1. The third kappa shape index (κ3) is 3.47. The first-order valence-electron chi connectivity index (χ1n) is 4.87. The van der Waals surface area contributed by atoms with E-state index >= 15 is 0 Å². The van der Waals surface area contributed by atoms with Crippen LogP contribution in [0, 0.1) is 0 Å². The van der Waals surface area contributed by atoms with E-state index in [1.165, 1.54) is 19.1 Å². The molecule has 1 atom stereocenters. The minimum Gasteiger partial charge on any atom is -0.433 e. The zero-order valence-corrected chi connectivity index (χ0v) is 8.84. The van der Waals surface area contributed by atoms with Gasteiger partial charge in [-0.25, -0.2) is 0 Å². The molecule has 1 aromatic carbocycles. The van der Waals surface area contributed by atoms with Crippen molar-refractivity contribution in [1.29, 1.82) is 0 Å². The highest BCUT2D eigenvalue weighted by atomic mass is 19.3.